The van der Waals surface area contributed by atoms with Gasteiger partial charge in [0, 0.05) is 0 Å². The standard InChI is InChI=1S/C7H6IN3O/c1-2-7(12)9-6-4-3-5(8)10-11-6/h2-4H,1H2,(H,9,11,12). The third-order valence-electron chi connectivity index (χ3n) is 1.07. The predicted molar refractivity (Wildman–Crippen MR) is 53.6 cm³/mol. The fraction of sp³-hybridized carbons (Fsp3) is 0. The summed E-state index contributed by atoms with van der Waals surface area (Å²) in [5.74, 6) is 0.144. The van der Waals surface area contributed by atoms with Gasteiger partial charge < -0.3 is 5.32 Å². The average Bonchev–Trinajstić information content (AvgIpc) is 2.09. The van der Waals surface area contributed by atoms with Crippen LogP contribution in [-0.4, -0.2) is 16.1 Å². The highest BCUT2D eigenvalue weighted by atomic mass is 127. The number of carbonyl (C=O) groups excluding carboxylic acids is 1. The van der Waals surface area contributed by atoms with Gasteiger partial charge in [0.25, 0.3) is 0 Å². The molecule has 0 fully saturated rings. The van der Waals surface area contributed by atoms with Crippen molar-refractivity contribution in [2.45, 2.75) is 0 Å². The molecule has 0 saturated carbocycles. The number of halogens is 1. The second-order valence-electron chi connectivity index (χ2n) is 1.93. The first-order valence-corrected chi connectivity index (χ1v) is 4.23. The van der Waals surface area contributed by atoms with Crippen molar-refractivity contribution < 1.29 is 4.79 Å². The van der Waals surface area contributed by atoms with Crippen LogP contribution in [0.1, 0.15) is 0 Å². The van der Waals surface area contributed by atoms with Crippen molar-refractivity contribution in [2.24, 2.45) is 0 Å². The van der Waals surface area contributed by atoms with Gasteiger partial charge in [0.2, 0.25) is 5.91 Å². The van der Waals surface area contributed by atoms with Crippen LogP contribution in [-0.2, 0) is 4.79 Å². The summed E-state index contributed by atoms with van der Waals surface area (Å²) in [5.41, 5.74) is 0. The smallest absolute Gasteiger partial charge is 0.248 e. The Kier molecular flexibility index (Phi) is 3.15. The molecule has 0 aliphatic heterocycles. The van der Waals surface area contributed by atoms with Crippen LogP contribution in [0.25, 0.3) is 0 Å². The minimum atomic E-state index is -0.287. The Balaban J connectivity index is 2.71. The lowest BCUT2D eigenvalue weighted by Crippen LogP contribution is -2.09. The number of carbonyl (C=O) groups is 1. The van der Waals surface area contributed by atoms with E-state index in [0.717, 1.165) is 3.70 Å². The Hall–Kier alpha value is -0.980. The topological polar surface area (TPSA) is 54.9 Å². The first-order valence-electron chi connectivity index (χ1n) is 3.15. The zero-order valence-electron chi connectivity index (χ0n) is 6.12. The fourth-order valence-electron chi connectivity index (χ4n) is 0.560. The summed E-state index contributed by atoms with van der Waals surface area (Å²) in [6.45, 7) is 3.31. The molecule has 1 aromatic rings. The van der Waals surface area contributed by atoms with Gasteiger partial charge >= 0.3 is 0 Å². The largest absolute Gasteiger partial charge is 0.306 e. The maximum atomic E-state index is 10.8. The molecule has 0 unspecified atom stereocenters. The van der Waals surface area contributed by atoms with E-state index in [9.17, 15) is 4.79 Å². The number of rotatable bonds is 2. The molecule has 5 heteroatoms. The molecular weight excluding hydrogens is 269 g/mol. The highest BCUT2D eigenvalue weighted by Crippen LogP contribution is 2.03. The van der Waals surface area contributed by atoms with E-state index in [1.807, 2.05) is 22.6 Å². The number of hydrogen-bond donors (Lipinski definition) is 1. The van der Waals surface area contributed by atoms with Crippen LogP contribution in [0, 0.1) is 3.70 Å². The predicted octanol–water partition coefficient (Wildman–Crippen LogP) is 1.21. The number of nitrogens with one attached hydrogen (secondary N) is 1. The molecular formula is C7H6IN3O. The van der Waals surface area contributed by atoms with Crippen molar-refractivity contribution in [1.82, 2.24) is 10.2 Å². The third kappa shape index (κ3) is 2.57. The average molecular weight is 275 g/mol. The Morgan fingerprint density at radius 2 is 2.33 bits per heavy atom. The van der Waals surface area contributed by atoms with Crippen LogP contribution in [0.3, 0.4) is 0 Å². The lowest BCUT2D eigenvalue weighted by Gasteiger charge is -1.98. The molecule has 0 spiro atoms. The first-order chi connectivity index (χ1) is 5.72. The Morgan fingerprint density at radius 1 is 1.58 bits per heavy atom. The van der Waals surface area contributed by atoms with Crippen LogP contribution in [0.5, 0.6) is 0 Å². The molecule has 0 atom stereocenters. The molecule has 0 radical (unpaired) electrons. The Morgan fingerprint density at radius 3 is 2.83 bits per heavy atom. The van der Waals surface area contributed by atoms with Crippen molar-refractivity contribution >= 4 is 34.3 Å². The fourth-order valence-corrected chi connectivity index (χ4v) is 0.848. The number of aromatic nitrogens is 2. The van der Waals surface area contributed by atoms with Gasteiger partial charge in [-0.1, -0.05) is 6.58 Å². The lowest BCUT2D eigenvalue weighted by atomic mass is 10.5. The van der Waals surface area contributed by atoms with E-state index in [0.29, 0.717) is 5.82 Å². The van der Waals surface area contributed by atoms with Crippen LogP contribution in [0.15, 0.2) is 24.8 Å². The molecule has 62 valence electrons. The molecule has 1 amide bonds. The number of amides is 1. The van der Waals surface area contributed by atoms with E-state index in [-0.39, 0.29) is 5.91 Å². The number of anilines is 1. The number of hydrogen-bond acceptors (Lipinski definition) is 3. The van der Waals surface area contributed by atoms with E-state index in [1.54, 1.807) is 12.1 Å². The van der Waals surface area contributed by atoms with Crippen LogP contribution in [0.4, 0.5) is 5.82 Å². The van der Waals surface area contributed by atoms with Crippen LogP contribution < -0.4 is 5.32 Å². The zero-order chi connectivity index (χ0) is 8.97. The molecule has 0 saturated heterocycles. The molecule has 1 heterocycles. The molecule has 1 N–H and O–H groups in total. The van der Waals surface area contributed by atoms with Crippen molar-refractivity contribution in [2.75, 3.05) is 5.32 Å². The van der Waals surface area contributed by atoms with E-state index in [4.69, 9.17) is 0 Å². The SMILES string of the molecule is C=CC(=O)Nc1ccc(I)nn1. The monoisotopic (exact) mass is 275 g/mol. The third-order valence-corrected chi connectivity index (χ3v) is 1.64. The minimum Gasteiger partial charge on any atom is -0.306 e. The van der Waals surface area contributed by atoms with Gasteiger partial charge in [-0.2, -0.15) is 0 Å². The van der Waals surface area contributed by atoms with Gasteiger partial charge in [0.15, 0.2) is 5.82 Å². The Bertz CT molecular complexity index is 296. The molecule has 12 heavy (non-hydrogen) atoms. The number of nitrogens with zero attached hydrogens (tertiary/aromatic N) is 2. The highest BCUT2D eigenvalue weighted by molar-refractivity contribution is 14.1. The van der Waals surface area contributed by atoms with Gasteiger partial charge in [0.1, 0.15) is 3.70 Å². The summed E-state index contributed by atoms with van der Waals surface area (Å²) in [5, 5.41) is 9.97. The second kappa shape index (κ2) is 4.15. The maximum absolute atomic E-state index is 10.8. The molecule has 1 rings (SSSR count). The van der Waals surface area contributed by atoms with Crippen molar-refractivity contribution in [3.05, 3.63) is 28.5 Å². The highest BCUT2D eigenvalue weighted by Gasteiger charge is 1.97. The van der Waals surface area contributed by atoms with Gasteiger partial charge in [-0.25, -0.2) is 0 Å². The molecule has 0 aliphatic rings. The zero-order valence-corrected chi connectivity index (χ0v) is 8.28. The molecule has 1 aromatic heterocycles. The molecule has 0 aliphatic carbocycles. The van der Waals surface area contributed by atoms with Crippen molar-refractivity contribution in [1.29, 1.82) is 0 Å². The second-order valence-corrected chi connectivity index (χ2v) is 3.04. The van der Waals surface area contributed by atoms with Gasteiger partial charge in [0.05, 0.1) is 0 Å². The van der Waals surface area contributed by atoms with E-state index < -0.39 is 0 Å². The minimum absolute atomic E-state index is 0.287. The van der Waals surface area contributed by atoms with E-state index in [2.05, 4.69) is 22.1 Å². The molecule has 0 aromatic carbocycles. The quantitative estimate of drug-likeness (QED) is 0.652. The van der Waals surface area contributed by atoms with Gasteiger partial charge in [-0.3, -0.25) is 4.79 Å². The summed E-state index contributed by atoms with van der Waals surface area (Å²) >= 11 is 2.03. The Labute approximate surface area is 83.2 Å². The summed E-state index contributed by atoms with van der Waals surface area (Å²) in [7, 11) is 0. The van der Waals surface area contributed by atoms with E-state index in [1.165, 1.54) is 6.08 Å². The normalized spacial score (nSPS) is 9.08. The van der Waals surface area contributed by atoms with Crippen LogP contribution >= 0.6 is 22.6 Å². The summed E-state index contributed by atoms with van der Waals surface area (Å²) in [6.07, 6.45) is 1.18. The maximum Gasteiger partial charge on any atom is 0.248 e. The van der Waals surface area contributed by atoms with Crippen LogP contribution in [0.2, 0.25) is 0 Å². The van der Waals surface area contributed by atoms with Gasteiger partial charge in [-0.05, 0) is 40.8 Å². The summed E-state index contributed by atoms with van der Waals surface area (Å²) in [4.78, 5) is 10.8. The summed E-state index contributed by atoms with van der Waals surface area (Å²) in [6, 6.07) is 3.43. The van der Waals surface area contributed by atoms with Gasteiger partial charge in [-0.15, -0.1) is 10.2 Å². The van der Waals surface area contributed by atoms with Crippen molar-refractivity contribution in [3.8, 4) is 0 Å². The lowest BCUT2D eigenvalue weighted by molar-refractivity contribution is -0.111. The van der Waals surface area contributed by atoms with E-state index >= 15 is 0 Å². The van der Waals surface area contributed by atoms with Crippen molar-refractivity contribution in [3.63, 3.8) is 0 Å². The molecule has 0 bridgehead atoms. The molecule has 4 nitrogen and oxygen atoms in total. The summed E-state index contributed by atoms with van der Waals surface area (Å²) < 4.78 is 0.782. The first kappa shape index (κ1) is 9.11.